The van der Waals surface area contributed by atoms with E-state index in [0.717, 1.165) is 6.26 Å². The normalized spacial score (nSPS) is 12.7. The highest BCUT2D eigenvalue weighted by atomic mass is 32.2. The Labute approximate surface area is 121 Å². The lowest BCUT2D eigenvalue weighted by Gasteiger charge is -2.08. The SMILES string of the molecule is CCc1nn(CCS(C)(=O)=O)c(CC)c1C(=O)C(F)(F)F. The molecule has 0 fully saturated rings. The van der Waals surface area contributed by atoms with Gasteiger partial charge in [0.05, 0.1) is 23.6 Å². The third-order valence-electron chi connectivity index (χ3n) is 2.96. The van der Waals surface area contributed by atoms with E-state index in [1.54, 1.807) is 13.8 Å². The molecular weight excluding hydrogens is 309 g/mol. The van der Waals surface area contributed by atoms with E-state index < -0.39 is 27.4 Å². The van der Waals surface area contributed by atoms with Crippen LogP contribution < -0.4 is 0 Å². The molecule has 1 heterocycles. The summed E-state index contributed by atoms with van der Waals surface area (Å²) in [5, 5.41) is 3.97. The zero-order chi connectivity index (χ0) is 16.4. The minimum Gasteiger partial charge on any atom is -0.284 e. The smallest absolute Gasteiger partial charge is 0.284 e. The van der Waals surface area contributed by atoms with E-state index in [-0.39, 0.29) is 36.5 Å². The van der Waals surface area contributed by atoms with Crippen LogP contribution in [0.3, 0.4) is 0 Å². The van der Waals surface area contributed by atoms with Crippen molar-refractivity contribution < 1.29 is 26.4 Å². The molecule has 120 valence electrons. The lowest BCUT2D eigenvalue weighted by molar-refractivity contribution is -0.0886. The van der Waals surface area contributed by atoms with Gasteiger partial charge >= 0.3 is 6.18 Å². The van der Waals surface area contributed by atoms with Crippen LogP contribution in [0.2, 0.25) is 0 Å². The van der Waals surface area contributed by atoms with Crippen LogP contribution in [0.4, 0.5) is 13.2 Å². The molecule has 5 nitrogen and oxygen atoms in total. The Kier molecular flexibility index (Phi) is 5.19. The van der Waals surface area contributed by atoms with E-state index in [4.69, 9.17) is 0 Å². The van der Waals surface area contributed by atoms with Gasteiger partial charge in [0, 0.05) is 11.9 Å². The fourth-order valence-corrected chi connectivity index (χ4v) is 2.50. The second-order valence-corrected chi connectivity index (χ2v) is 6.92. The number of Topliss-reactive ketones (excluding diaryl/α,β-unsaturated/α-hetero) is 1. The number of hydrogen-bond acceptors (Lipinski definition) is 4. The summed E-state index contributed by atoms with van der Waals surface area (Å²) >= 11 is 0. The van der Waals surface area contributed by atoms with Gasteiger partial charge in [0.15, 0.2) is 0 Å². The fourth-order valence-electron chi connectivity index (χ4n) is 2.00. The molecule has 0 aliphatic rings. The second kappa shape index (κ2) is 6.17. The molecule has 0 amide bonds. The number of aryl methyl sites for hydroxylation is 2. The number of alkyl halides is 3. The zero-order valence-electron chi connectivity index (χ0n) is 12.0. The number of ketones is 1. The van der Waals surface area contributed by atoms with Crippen LogP contribution in [-0.2, 0) is 29.2 Å². The van der Waals surface area contributed by atoms with Crippen LogP contribution in [0.1, 0.15) is 35.6 Å². The van der Waals surface area contributed by atoms with Crippen molar-refractivity contribution in [2.75, 3.05) is 12.0 Å². The van der Waals surface area contributed by atoms with Crippen molar-refractivity contribution in [3.63, 3.8) is 0 Å². The molecule has 0 saturated heterocycles. The Balaban J connectivity index is 3.31. The first-order valence-electron chi connectivity index (χ1n) is 6.39. The number of carbonyl (C=O) groups excluding carboxylic acids is 1. The fraction of sp³-hybridized carbons (Fsp3) is 0.667. The van der Waals surface area contributed by atoms with Gasteiger partial charge in [-0.25, -0.2) is 8.42 Å². The summed E-state index contributed by atoms with van der Waals surface area (Å²) in [6, 6.07) is 0. The minimum absolute atomic E-state index is 0.0441. The van der Waals surface area contributed by atoms with Crippen LogP contribution in [-0.4, -0.2) is 42.2 Å². The summed E-state index contributed by atoms with van der Waals surface area (Å²) in [6.07, 6.45) is -3.62. The summed E-state index contributed by atoms with van der Waals surface area (Å²) < 4.78 is 61.5. The van der Waals surface area contributed by atoms with Crippen molar-refractivity contribution in [3.8, 4) is 0 Å². The maximum absolute atomic E-state index is 12.7. The van der Waals surface area contributed by atoms with E-state index in [9.17, 15) is 26.4 Å². The number of nitrogens with zero attached hydrogens (tertiary/aromatic N) is 2. The lowest BCUT2D eigenvalue weighted by Crippen LogP contribution is -2.25. The van der Waals surface area contributed by atoms with Crippen LogP contribution in [0, 0.1) is 0 Å². The molecule has 0 unspecified atom stereocenters. The molecule has 1 aromatic rings. The Bertz CT molecular complexity index is 633. The van der Waals surface area contributed by atoms with Gasteiger partial charge in [-0.3, -0.25) is 9.48 Å². The second-order valence-electron chi connectivity index (χ2n) is 4.66. The number of halogens is 3. The monoisotopic (exact) mass is 326 g/mol. The molecule has 0 aliphatic heterocycles. The maximum atomic E-state index is 12.7. The molecule has 0 spiro atoms. The van der Waals surface area contributed by atoms with Crippen molar-refractivity contribution >= 4 is 15.6 Å². The zero-order valence-corrected chi connectivity index (χ0v) is 12.8. The summed E-state index contributed by atoms with van der Waals surface area (Å²) in [4.78, 5) is 11.5. The first-order chi connectivity index (χ1) is 9.51. The molecule has 0 radical (unpaired) electrons. The molecule has 0 atom stereocenters. The van der Waals surface area contributed by atoms with Crippen LogP contribution in [0.5, 0.6) is 0 Å². The van der Waals surface area contributed by atoms with Crippen molar-refractivity contribution in [2.45, 2.75) is 39.4 Å². The Morgan fingerprint density at radius 3 is 2.19 bits per heavy atom. The van der Waals surface area contributed by atoms with E-state index >= 15 is 0 Å². The molecule has 1 rings (SSSR count). The van der Waals surface area contributed by atoms with Gasteiger partial charge in [-0.2, -0.15) is 18.3 Å². The number of carbonyl (C=O) groups is 1. The Morgan fingerprint density at radius 1 is 1.24 bits per heavy atom. The Morgan fingerprint density at radius 2 is 1.81 bits per heavy atom. The van der Waals surface area contributed by atoms with Gasteiger partial charge in [0.1, 0.15) is 9.84 Å². The number of sulfone groups is 1. The van der Waals surface area contributed by atoms with E-state index in [0.29, 0.717) is 0 Å². The molecule has 21 heavy (non-hydrogen) atoms. The first-order valence-corrected chi connectivity index (χ1v) is 8.45. The largest absolute Gasteiger partial charge is 0.455 e. The first kappa shape index (κ1) is 17.7. The minimum atomic E-state index is -4.97. The van der Waals surface area contributed by atoms with E-state index in [1.165, 1.54) is 4.68 Å². The molecule has 0 N–H and O–H groups in total. The summed E-state index contributed by atoms with van der Waals surface area (Å²) in [5.41, 5.74) is -0.276. The average molecular weight is 326 g/mol. The van der Waals surface area contributed by atoms with Crippen molar-refractivity contribution in [2.24, 2.45) is 0 Å². The molecule has 0 saturated carbocycles. The third-order valence-corrected chi connectivity index (χ3v) is 3.88. The van der Waals surface area contributed by atoms with Gasteiger partial charge < -0.3 is 0 Å². The molecule has 0 aromatic carbocycles. The summed E-state index contributed by atoms with van der Waals surface area (Å²) in [6.45, 7) is 3.12. The van der Waals surface area contributed by atoms with Gasteiger partial charge in [0.25, 0.3) is 5.78 Å². The number of aromatic nitrogens is 2. The molecule has 0 aliphatic carbocycles. The van der Waals surface area contributed by atoms with Crippen molar-refractivity contribution in [1.82, 2.24) is 9.78 Å². The van der Waals surface area contributed by atoms with Gasteiger partial charge in [-0.1, -0.05) is 13.8 Å². The number of hydrogen-bond donors (Lipinski definition) is 0. The van der Waals surface area contributed by atoms with Gasteiger partial charge in [0.2, 0.25) is 0 Å². The quantitative estimate of drug-likeness (QED) is 0.748. The highest BCUT2D eigenvalue weighted by Gasteiger charge is 2.42. The van der Waals surface area contributed by atoms with Crippen molar-refractivity contribution in [3.05, 3.63) is 17.0 Å². The van der Waals surface area contributed by atoms with Gasteiger partial charge in [-0.15, -0.1) is 0 Å². The third kappa shape index (κ3) is 4.29. The molecule has 9 heteroatoms. The highest BCUT2D eigenvalue weighted by Crippen LogP contribution is 2.27. The van der Waals surface area contributed by atoms with Crippen LogP contribution >= 0.6 is 0 Å². The standard InChI is InChI=1S/C12H17F3N2O3S/c1-4-8-10(11(18)12(13,14)15)9(5-2)17(16-8)6-7-21(3,19)20/h4-7H2,1-3H3. The summed E-state index contributed by atoms with van der Waals surface area (Å²) in [5.74, 6) is -2.17. The van der Waals surface area contributed by atoms with Crippen LogP contribution in [0.15, 0.2) is 0 Å². The topological polar surface area (TPSA) is 69.0 Å². The van der Waals surface area contributed by atoms with E-state index in [2.05, 4.69) is 5.10 Å². The predicted octanol–water partition coefficient (Wildman–Crippen LogP) is 1.80. The van der Waals surface area contributed by atoms with E-state index in [1.807, 2.05) is 0 Å². The molecular formula is C12H17F3N2O3S. The summed E-state index contributed by atoms with van der Waals surface area (Å²) in [7, 11) is -3.27. The van der Waals surface area contributed by atoms with Gasteiger partial charge in [-0.05, 0) is 12.8 Å². The molecule has 1 aromatic heterocycles. The highest BCUT2D eigenvalue weighted by molar-refractivity contribution is 7.90. The molecule has 0 bridgehead atoms. The number of rotatable bonds is 6. The van der Waals surface area contributed by atoms with Crippen LogP contribution in [0.25, 0.3) is 0 Å². The Hall–Kier alpha value is -1.38. The maximum Gasteiger partial charge on any atom is 0.455 e. The van der Waals surface area contributed by atoms with Crippen molar-refractivity contribution in [1.29, 1.82) is 0 Å². The lowest BCUT2D eigenvalue weighted by atomic mass is 10.0. The average Bonchev–Trinajstić information content (AvgIpc) is 2.70. The predicted molar refractivity (Wildman–Crippen MR) is 71.1 cm³/mol.